The summed E-state index contributed by atoms with van der Waals surface area (Å²) in [5.74, 6) is 0.515. The number of sulfonamides is 1. The third-order valence-electron chi connectivity index (χ3n) is 5.81. The molecule has 0 N–H and O–H groups in total. The van der Waals surface area contributed by atoms with Crippen molar-refractivity contribution in [3.63, 3.8) is 0 Å². The van der Waals surface area contributed by atoms with Crippen molar-refractivity contribution in [2.24, 2.45) is 0 Å². The van der Waals surface area contributed by atoms with Gasteiger partial charge in [0.2, 0.25) is 10.0 Å². The van der Waals surface area contributed by atoms with E-state index in [1.807, 2.05) is 38.1 Å². The number of nitrogens with zero attached hydrogens (tertiary/aromatic N) is 5. The van der Waals surface area contributed by atoms with E-state index in [0.717, 1.165) is 11.1 Å². The highest BCUT2D eigenvalue weighted by Crippen LogP contribution is 2.22. The third kappa shape index (κ3) is 4.17. The number of rotatable bonds is 5. The zero-order chi connectivity index (χ0) is 22.9. The summed E-state index contributed by atoms with van der Waals surface area (Å²) in [7, 11) is -3.57. The summed E-state index contributed by atoms with van der Waals surface area (Å²) in [6, 6.07) is 14.5. The maximum atomic E-state index is 13.1. The van der Waals surface area contributed by atoms with Crippen molar-refractivity contribution in [1.82, 2.24) is 18.8 Å². The molecule has 1 aliphatic rings. The van der Waals surface area contributed by atoms with Crippen LogP contribution >= 0.6 is 0 Å². The molecule has 0 atom stereocenters. The molecular weight excluding hydrogens is 426 g/mol. The molecule has 4 rings (SSSR count). The lowest BCUT2D eigenvalue weighted by atomic mass is 10.2. The molecule has 166 valence electrons. The first-order chi connectivity index (χ1) is 15.3. The van der Waals surface area contributed by atoms with E-state index in [0.29, 0.717) is 54.3 Å². The van der Waals surface area contributed by atoms with Gasteiger partial charge >= 0.3 is 0 Å². The first-order valence-corrected chi connectivity index (χ1v) is 11.9. The molecule has 0 saturated carbocycles. The molecule has 0 amide bonds. The largest absolute Gasteiger partial charge is 0.293 e. The summed E-state index contributed by atoms with van der Waals surface area (Å²) in [5, 5.41) is 9.68. The van der Waals surface area contributed by atoms with Crippen molar-refractivity contribution >= 4 is 20.9 Å². The van der Waals surface area contributed by atoms with Gasteiger partial charge in [0.1, 0.15) is 12.4 Å². The molecule has 2 heterocycles. The van der Waals surface area contributed by atoms with Crippen LogP contribution in [0.2, 0.25) is 0 Å². The van der Waals surface area contributed by atoms with Gasteiger partial charge < -0.3 is 0 Å². The van der Waals surface area contributed by atoms with Gasteiger partial charge in [0.15, 0.2) is 0 Å². The fraction of sp³-hybridized carbons (Fsp3) is 0.348. The Morgan fingerprint density at radius 1 is 1.06 bits per heavy atom. The topological polar surface area (TPSA) is 99.3 Å². The van der Waals surface area contributed by atoms with Crippen molar-refractivity contribution in [2.75, 3.05) is 26.2 Å². The number of hydrogen-bond donors (Lipinski definition) is 0. The summed E-state index contributed by atoms with van der Waals surface area (Å²) in [6.45, 7) is 5.79. The SMILES string of the molecule is Cc1ccc(S(=O)(=O)N2CCN(Cc3nc4ccccc4c(=O)n3CC#N)CC2)c(C)c1. The average molecular weight is 452 g/mol. The van der Waals surface area contributed by atoms with E-state index in [-0.39, 0.29) is 12.1 Å². The van der Waals surface area contributed by atoms with Gasteiger partial charge in [-0.3, -0.25) is 14.3 Å². The van der Waals surface area contributed by atoms with Crippen LogP contribution < -0.4 is 5.56 Å². The van der Waals surface area contributed by atoms with Crippen molar-refractivity contribution in [2.45, 2.75) is 31.8 Å². The normalized spacial score (nSPS) is 15.7. The van der Waals surface area contributed by atoms with Gasteiger partial charge in [0.25, 0.3) is 5.56 Å². The second kappa shape index (κ2) is 8.82. The minimum absolute atomic E-state index is 0.0763. The van der Waals surface area contributed by atoms with Crippen molar-refractivity contribution in [1.29, 1.82) is 5.26 Å². The van der Waals surface area contributed by atoms with Crippen LogP contribution in [-0.4, -0.2) is 53.4 Å². The number of hydrogen-bond acceptors (Lipinski definition) is 6. The quantitative estimate of drug-likeness (QED) is 0.589. The molecule has 1 fully saturated rings. The zero-order valence-electron chi connectivity index (χ0n) is 18.2. The van der Waals surface area contributed by atoms with Crippen molar-refractivity contribution < 1.29 is 8.42 Å². The van der Waals surface area contributed by atoms with Crippen LogP contribution in [0.5, 0.6) is 0 Å². The number of benzene rings is 2. The zero-order valence-corrected chi connectivity index (χ0v) is 19.0. The highest BCUT2D eigenvalue weighted by Gasteiger charge is 2.30. The van der Waals surface area contributed by atoms with E-state index in [1.165, 1.54) is 8.87 Å². The molecule has 1 aliphatic heterocycles. The Labute approximate surface area is 187 Å². The van der Waals surface area contributed by atoms with E-state index in [1.54, 1.807) is 24.3 Å². The standard InChI is InChI=1S/C23H25N5O3S/c1-17-7-8-21(18(2)15-17)32(30,31)27-13-11-26(12-14-27)16-22-25-20-6-4-3-5-19(20)23(29)28(22)10-9-24/h3-8,15H,10-14,16H2,1-2H3. The van der Waals surface area contributed by atoms with Gasteiger partial charge in [0, 0.05) is 26.2 Å². The van der Waals surface area contributed by atoms with E-state index >= 15 is 0 Å². The van der Waals surface area contributed by atoms with Crippen LogP contribution in [0.1, 0.15) is 17.0 Å². The Morgan fingerprint density at radius 2 is 1.78 bits per heavy atom. The fourth-order valence-corrected chi connectivity index (χ4v) is 5.75. The molecule has 0 spiro atoms. The highest BCUT2D eigenvalue weighted by atomic mass is 32.2. The van der Waals surface area contributed by atoms with Crippen LogP contribution in [0.25, 0.3) is 10.9 Å². The Morgan fingerprint density at radius 3 is 2.47 bits per heavy atom. The highest BCUT2D eigenvalue weighted by molar-refractivity contribution is 7.89. The summed E-state index contributed by atoms with van der Waals surface area (Å²) < 4.78 is 29.2. The second-order valence-electron chi connectivity index (χ2n) is 8.04. The summed E-state index contributed by atoms with van der Waals surface area (Å²) in [4.78, 5) is 19.9. The number of aromatic nitrogens is 2. The Kier molecular flexibility index (Phi) is 6.11. The molecule has 0 aliphatic carbocycles. The minimum atomic E-state index is -3.57. The fourth-order valence-electron chi connectivity index (χ4n) is 4.12. The smallest absolute Gasteiger partial charge is 0.262 e. The second-order valence-corrected chi connectivity index (χ2v) is 9.95. The van der Waals surface area contributed by atoms with Gasteiger partial charge in [-0.25, -0.2) is 13.4 Å². The lowest BCUT2D eigenvalue weighted by molar-refractivity contribution is 0.176. The van der Waals surface area contributed by atoms with Crippen LogP contribution in [-0.2, 0) is 23.1 Å². The van der Waals surface area contributed by atoms with Gasteiger partial charge in [-0.1, -0.05) is 29.8 Å². The van der Waals surface area contributed by atoms with Crippen molar-refractivity contribution in [3.8, 4) is 6.07 Å². The average Bonchev–Trinajstić information content (AvgIpc) is 2.76. The molecule has 2 aromatic carbocycles. The summed E-state index contributed by atoms with van der Waals surface area (Å²) in [5.41, 5.74) is 2.13. The van der Waals surface area contributed by atoms with Crippen LogP contribution in [0.15, 0.2) is 52.2 Å². The van der Waals surface area contributed by atoms with E-state index < -0.39 is 10.0 Å². The molecule has 0 unspecified atom stereocenters. The molecule has 9 heteroatoms. The molecule has 8 nitrogen and oxygen atoms in total. The maximum Gasteiger partial charge on any atom is 0.262 e. The van der Waals surface area contributed by atoms with Crippen LogP contribution in [0.4, 0.5) is 0 Å². The number of fused-ring (bicyclic) bond motifs is 1. The molecule has 0 bridgehead atoms. The molecule has 1 aromatic heterocycles. The molecule has 1 saturated heterocycles. The summed E-state index contributed by atoms with van der Waals surface area (Å²) in [6.07, 6.45) is 0. The van der Waals surface area contributed by atoms with Crippen LogP contribution in [0, 0.1) is 25.2 Å². The van der Waals surface area contributed by atoms with Gasteiger partial charge in [-0.15, -0.1) is 0 Å². The number of nitriles is 1. The van der Waals surface area contributed by atoms with Gasteiger partial charge in [-0.05, 0) is 37.6 Å². The minimum Gasteiger partial charge on any atom is -0.293 e. The van der Waals surface area contributed by atoms with Gasteiger partial charge in [0.05, 0.1) is 28.4 Å². The molecule has 32 heavy (non-hydrogen) atoms. The maximum absolute atomic E-state index is 13.1. The number of piperazine rings is 1. The Hall–Kier alpha value is -3.06. The van der Waals surface area contributed by atoms with Crippen LogP contribution in [0.3, 0.4) is 0 Å². The van der Waals surface area contributed by atoms with Crippen molar-refractivity contribution in [3.05, 3.63) is 69.8 Å². The lowest BCUT2D eigenvalue weighted by Crippen LogP contribution is -2.48. The first-order valence-electron chi connectivity index (χ1n) is 10.5. The first kappa shape index (κ1) is 22.1. The summed E-state index contributed by atoms with van der Waals surface area (Å²) >= 11 is 0. The van der Waals surface area contributed by atoms with E-state index in [2.05, 4.69) is 9.88 Å². The third-order valence-corrected chi connectivity index (χ3v) is 7.87. The Balaban J connectivity index is 1.53. The monoisotopic (exact) mass is 451 g/mol. The number of para-hydroxylation sites is 1. The molecular formula is C23H25N5O3S. The molecule has 3 aromatic rings. The van der Waals surface area contributed by atoms with Gasteiger partial charge in [-0.2, -0.15) is 9.57 Å². The number of aryl methyl sites for hydroxylation is 2. The lowest BCUT2D eigenvalue weighted by Gasteiger charge is -2.34. The predicted molar refractivity (Wildman–Crippen MR) is 122 cm³/mol. The van der Waals surface area contributed by atoms with E-state index in [4.69, 9.17) is 0 Å². The molecule has 0 radical (unpaired) electrons. The van der Waals surface area contributed by atoms with E-state index in [9.17, 15) is 18.5 Å². The predicted octanol–water partition coefficient (Wildman–Crippen LogP) is 2.04. The Bertz CT molecular complexity index is 1370.